The first-order valence-corrected chi connectivity index (χ1v) is 9.84. The first-order valence-electron chi connectivity index (χ1n) is 7.95. The molecule has 3 aromatic rings. The molecule has 1 aliphatic rings. The van der Waals surface area contributed by atoms with Crippen molar-refractivity contribution in [2.45, 2.75) is 18.8 Å². The largest absolute Gasteiger partial charge is 0.356 e. The van der Waals surface area contributed by atoms with Gasteiger partial charge in [0.25, 0.3) is 0 Å². The van der Waals surface area contributed by atoms with Gasteiger partial charge < -0.3 is 4.52 Å². The van der Waals surface area contributed by atoms with Crippen LogP contribution < -0.4 is 10.0 Å². The minimum absolute atomic E-state index is 0.248. The van der Waals surface area contributed by atoms with Gasteiger partial charge in [-0.3, -0.25) is 19.6 Å². The minimum Gasteiger partial charge on any atom is -0.356 e. The lowest BCUT2D eigenvalue weighted by atomic mass is 9.91. The Bertz CT molecular complexity index is 1170. The lowest BCUT2D eigenvalue weighted by Gasteiger charge is -2.19. The second kappa shape index (κ2) is 5.80. The van der Waals surface area contributed by atoms with E-state index in [1.54, 1.807) is 30.3 Å². The summed E-state index contributed by atoms with van der Waals surface area (Å²) in [7, 11) is -3.38. The van der Waals surface area contributed by atoms with Crippen molar-refractivity contribution in [3.05, 3.63) is 36.0 Å². The van der Waals surface area contributed by atoms with Gasteiger partial charge >= 0.3 is 0 Å². The average molecular weight is 373 g/mol. The normalized spacial score (nSPS) is 18.3. The fraction of sp³-hybridized carbons (Fsp3) is 0.235. The van der Waals surface area contributed by atoms with Crippen molar-refractivity contribution in [3.63, 3.8) is 0 Å². The van der Waals surface area contributed by atoms with E-state index < -0.39 is 15.9 Å². The predicted molar refractivity (Wildman–Crippen MR) is 95.1 cm³/mol. The van der Waals surface area contributed by atoms with E-state index in [4.69, 9.17) is 4.52 Å². The third kappa shape index (κ3) is 2.90. The molecule has 4 rings (SSSR count). The Hall–Kier alpha value is -2.94. The van der Waals surface area contributed by atoms with E-state index in [1.807, 2.05) is 0 Å². The standard InChI is InChI=1S/C17H15N3O5S/c1-26(23,24)20-10-3-4-11-9(8-10)2-6-13-15(11)16(19-25-13)12-5-7-14(21)18-17(12)22/h2-4,6,8,12,20H,5,7H2,1H3,(H,18,21,22). The van der Waals surface area contributed by atoms with Crippen molar-refractivity contribution < 1.29 is 22.5 Å². The molecule has 1 aliphatic heterocycles. The monoisotopic (exact) mass is 373 g/mol. The molecule has 1 aromatic heterocycles. The molecule has 26 heavy (non-hydrogen) atoms. The van der Waals surface area contributed by atoms with Gasteiger partial charge in [-0.05, 0) is 35.4 Å². The quantitative estimate of drug-likeness (QED) is 0.677. The number of rotatable bonds is 3. The van der Waals surface area contributed by atoms with Gasteiger partial charge in [-0.25, -0.2) is 8.42 Å². The Morgan fingerprint density at radius 2 is 2.04 bits per heavy atom. The number of nitrogens with zero attached hydrogens (tertiary/aromatic N) is 1. The summed E-state index contributed by atoms with van der Waals surface area (Å²) in [6.45, 7) is 0. The second-order valence-corrected chi connectivity index (χ2v) is 8.07. The van der Waals surface area contributed by atoms with Gasteiger partial charge in [0.2, 0.25) is 21.8 Å². The van der Waals surface area contributed by atoms with Crippen molar-refractivity contribution in [3.8, 4) is 0 Å². The lowest BCUT2D eigenvalue weighted by molar-refractivity contribution is -0.134. The van der Waals surface area contributed by atoms with Crippen molar-refractivity contribution >= 4 is 49.3 Å². The summed E-state index contributed by atoms with van der Waals surface area (Å²) < 4.78 is 30.7. The Morgan fingerprint density at radius 3 is 2.77 bits per heavy atom. The number of amides is 2. The zero-order valence-corrected chi connectivity index (χ0v) is 14.6. The Morgan fingerprint density at radius 1 is 1.23 bits per heavy atom. The number of imide groups is 1. The van der Waals surface area contributed by atoms with E-state index in [0.29, 0.717) is 28.8 Å². The SMILES string of the molecule is CS(=O)(=O)Nc1ccc2c(ccc3onc(C4CCC(=O)NC4=O)c32)c1. The smallest absolute Gasteiger partial charge is 0.235 e. The fourth-order valence-corrected chi connectivity index (χ4v) is 3.82. The Labute approximate surface area is 148 Å². The zero-order chi connectivity index (χ0) is 18.5. The van der Waals surface area contributed by atoms with Crippen LogP contribution in [0.3, 0.4) is 0 Å². The molecular weight excluding hydrogens is 358 g/mol. The molecule has 2 amide bonds. The maximum absolute atomic E-state index is 12.2. The van der Waals surface area contributed by atoms with Crippen molar-refractivity contribution in [1.82, 2.24) is 10.5 Å². The molecule has 0 saturated carbocycles. The summed E-state index contributed by atoms with van der Waals surface area (Å²) in [6, 6.07) is 8.63. The van der Waals surface area contributed by atoms with E-state index in [0.717, 1.165) is 17.0 Å². The van der Waals surface area contributed by atoms with Crippen LogP contribution in [0.1, 0.15) is 24.5 Å². The van der Waals surface area contributed by atoms with Gasteiger partial charge in [0.05, 0.1) is 17.6 Å². The summed E-state index contributed by atoms with van der Waals surface area (Å²) >= 11 is 0. The lowest BCUT2D eigenvalue weighted by Crippen LogP contribution is -2.39. The van der Waals surface area contributed by atoms with Gasteiger partial charge in [0.15, 0.2) is 5.58 Å². The summed E-state index contributed by atoms with van der Waals surface area (Å²) in [5.41, 5.74) is 1.46. The van der Waals surface area contributed by atoms with Crippen molar-refractivity contribution in [2.75, 3.05) is 11.0 Å². The van der Waals surface area contributed by atoms with E-state index in [1.165, 1.54) is 0 Å². The summed E-state index contributed by atoms with van der Waals surface area (Å²) in [5.74, 6) is -1.24. The van der Waals surface area contributed by atoms with Crippen LogP contribution >= 0.6 is 0 Å². The molecule has 1 saturated heterocycles. The number of fused-ring (bicyclic) bond motifs is 3. The summed E-state index contributed by atoms with van der Waals surface area (Å²) in [6.07, 6.45) is 1.70. The number of aromatic nitrogens is 1. The van der Waals surface area contributed by atoms with Crippen LogP contribution in [0.25, 0.3) is 21.7 Å². The van der Waals surface area contributed by atoms with Crippen LogP contribution in [-0.2, 0) is 19.6 Å². The number of benzene rings is 2. The van der Waals surface area contributed by atoms with Crippen LogP contribution in [0, 0.1) is 0 Å². The van der Waals surface area contributed by atoms with Crippen LogP contribution in [-0.4, -0.2) is 31.6 Å². The first kappa shape index (κ1) is 16.5. The molecule has 134 valence electrons. The van der Waals surface area contributed by atoms with E-state index >= 15 is 0 Å². The Kier molecular flexibility index (Phi) is 3.69. The second-order valence-electron chi connectivity index (χ2n) is 6.32. The number of piperidine rings is 1. The fourth-order valence-electron chi connectivity index (χ4n) is 3.26. The van der Waals surface area contributed by atoms with E-state index in [-0.39, 0.29) is 18.2 Å². The van der Waals surface area contributed by atoms with Gasteiger partial charge in [0.1, 0.15) is 5.69 Å². The molecule has 2 aromatic carbocycles. The van der Waals surface area contributed by atoms with Gasteiger partial charge in [-0.1, -0.05) is 17.3 Å². The van der Waals surface area contributed by atoms with Crippen LogP contribution in [0.2, 0.25) is 0 Å². The number of nitrogens with one attached hydrogen (secondary N) is 2. The van der Waals surface area contributed by atoms with Gasteiger partial charge in [0, 0.05) is 12.1 Å². The highest BCUT2D eigenvalue weighted by molar-refractivity contribution is 7.92. The molecule has 1 atom stereocenters. The highest BCUT2D eigenvalue weighted by Gasteiger charge is 2.32. The van der Waals surface area contributed by atoms with Crippen LogP contribution in [0.5, 0.6) is 0 Å². The van der Waals surface area contributed by atoms with Crippen LogP contribution in [0.4, 0.5) is 5.69 Å². The van der Waals surface area contributed by atoms with E-state index in [2.05, 4.69) is 15.2 Å². The molecule has 1 unspecified atom stereocenters. The number of carbonyl (C=O) groups is 2. The maximum Gasteiger partial charge on any atom is 0.235 e. The maximum atomic E-state index is 12.2. The average Bonchev–Trinajstić information content (AvgIpc) is 2.97. The molecule has 0 bridgehead atoms. The minimum atomic E-state index is -3.38. The van der Waals surface area contributed by atoms with E-state index in [9.17, 15) is 18.0 Å². The van der Waals surface area contributed by atoms with Gasteiger partial charge in [-0.15, -0.1) is 0 Å². The van der Waals surface area contributed by atoms with Crippen molar-refractivity contribution in [2.24, 2.45) is 0 Å². The molecule has 9 heteroatoms. The summed E-state index contributed by atoms with van der Waals surface area (Å²) in [5, 5.41) is 8.67. The molecule has 0 radical (unpaired) electrons. The highest BCUT2D eigenvalue weighted by Crippen LogP contribution is 2.35. The molecule has 1 fully saturated rings. The Balaban J connectivity index is 1.85. The molecule has 8 nitrogen and oxygen atoms in total. The van der Waals surface area contributed by atoms with Crippen molar-refractivity contribution in [1.29, 1.82) is 0 Å². The van der Waals surface area contributed by atoms with Gasteiger partial charge in [-0.2, -0.15) is 0 Å². The molecule has 2 heterocycles. The number of hydrogen-bond donors (Lipinski definition) is 2. The topological polar surface area (TPSA) is 118 Å². The molecule has 2 N–H and O–H groups in total. The highest BCUT2D eigenvalue weighted by atomic mass is 32.2. The molecule has 0 spiro atoms. The zero-order valence-electron chi connectivity index (χ0n) is 13.8. The molecule has 0 aliphatic carbocycles. The third-order valence-electron chi connectivity index (χ3n) is 4.35. The summed E-state index contributed by atoms with van der Waals surface area (Å²) in [4.78, 5) is 23.6. The van der Waals surface area contributed by atoms with Crippen LogP contribution in [0.15, 0.2) is 34.9 Å². The number of carbonyl (C=O) groups excluding carboxylic acids is 2. The number of sulfonamides is 1. The third-order valence-corrected chi connectivity index (χ3v) is 4.96. The predicted octanol–water partition coefficient (Wildman–Crippen LogP) is 1.87. The number of anilines is 1. The molecular formula is C17H15N3O5S. The first-order chi connectivity index (χ1) is 12.3. The number of hydrogen-bond acceptors (Lipinski definition) is 6.